The number of carbonyl (C=O) groups is 3. The second-order valence-electron chi connectivity index (χ2n) is 4.89. The van der Waals surface area contributed by atoms with Crippen LogP contribution in [0.15, 0.2) is 18.5 Å². The van der Waals surface area contributed by atoms with Crippen LogP contribution in [0.3, 0.4) is 0 Å². The maximum Gasteiger partial charge on any atom is 0.337 e. The minimum absolute atomic E-state index is 0.0125. The maximum absolute atomic E-state index is 12.1. The number of urea groups is 1. The molecule has 0 saturated carbocycles. The first kappa shape index (κ1) is 14.8. The molecule has 0 spiro atoms. The Morgan fingerprint density at radius 2 is 2.14 bits per heavy atom. The van der Waals surface area contributed by atoms with E-state index in [9.17, 15) is 14.4 Å². The van der Waals surface area contributed by atoms with Gasteiger partial charge in [-0.05, 0) is 18.9 Å². The number of carboxylic acids is 1. The lowest BCUT2D eigenvalue weighted by Crippen LogP contribution is -2.45. The first-order valence-electron chi connectivity index (χ1n) is 6.51. The summed E-state index contributed by atoms with van der Waals surface area (Å²) in [5.41, 5.74) is 5.54. The molecule has 21 heavy (non-hydrogen) atoms. The summed E-state index contributed by atoms with van der Waals surface area (Å²) >= 11 is 0. The number of hydrogen-bond donors (Lipinski definition) is 3. The highest BCUT2D eigenvalue weighted by Gasteiger charge is 2.27. The van der Waals surface area contributed by atoms with Gasteiger partial charge in [-0.15, -0.1) is 0 Å². The lowest BCUT2D eigenvalue weighted by Gasteiger charge is -2.31. The van der Waals surface area contributed by atoms with E-state index in [4.69, 9.17) is 10.8 Å². The van der Waals surface area contributed by atoms with Crippen LogP contribution in [-0.2, 0) is 4.79 Å². The van der Waals surface area contributed by atoms with Crippen molar-refractivity contribution in [2.24, 2.45) is 11.7 Å². The molecule has 0 aliphatic carbocycles. The van der Waals surface area contributed by atoms with E-state index in [1.807, 2.05) is 0 Å². The maximum atomic E-state index is 12.1. The highest BCUT2D eigenvalue weighted by atomic mass is 16.4. The normalized spacial score (nSPS) is 18.1. The van der Waals surface area contributed by atoms with Crippen molar-refractivity contribution < 1.29 is 19.5 Å². The predicted molar refractivity (Wildman–Crippen MR) is 73.7 cm³/mol. The average Bonchev–Trinajstić information content (AvgIpc) is 2.47. The number of anilines is 1. The van der Waals surface area contributed by atoms with Crippen LogP contribution in [0.5, 0.6) is 0 Å². The SMILES string of the molecule is NC(=O)C1CCCN(C(=O)Nc2cncc(C(=O)O)c2)C1. The standard InChI is InChI=1S/C13H16N4O4/c14-11(18)8-2-1-3-17(7-8)13(21)16-10-4-9(12(19)20)5-15-6-10/h4-6,8H,1-3,7H2,(H2,14,18)(H,16,21)(H,19,20). The van der Waals surface area contributed by atoms with Crippen LogP contribution < -0.4 is 11.1 Å². The number of nitrogens with one attached hydrogen (secondary N) is 1. The molecule has 3 amide bonds. The zero-order valence-electron chi connectivity index (χ0n) is 11.3. The van der Waals surface area contributed by atoms with Gasteiger partial charge in [0.15, 0.2) is 0 Å². The van der Waals surface area contributed by atoms with Gasteiger partial charge in [-0.2, -0.15) is 0 Å². The molecule has 1 saturated heterocycles. The molecule has 1 fully saturated rings. The number of rotatable bonds is 3. The molecular formula is C13H16N4O4. The second-order valence-corrected chi connectivity index (χ2v) is 4.89. The monoisotopic (exact) mass is 292 g/mol. The minimum atomic E-state index is -1.12. The van der Waals surface area contributed by atoms with E-state index in [1.54, 1.807) is 0 Å². The van der Waals surface area contributed by atoms with Crippen molar-refractivity contribution >= 4 is 23.6 Å². The van der Waals surface area contributed by atoms with Gasteiger partial charge in [-0.1, -0.05) is 0 Å². The van der Waals surface area contributed by atoms with Crippen LogP contribution in [0, 0.1) is 5.92 Å². The van der Waals surface area contributed by atoms with E-state index < -0.39 is 17.9 Å². The van der Waals surface area contributed by atoms with E-state index in [0.717, 1.165) is 0 Å². The van der Waals surface area contributed by atoms with Crippen LogP contribution in [0.2, 0.25) is 0 Å². The molecule has 4 N–H and O–H groups in total. The number of pyridine rings is 1. The van der Waals surface area contributed by atoms with Gasteiger partial charge in [-0.3, -0.25) is 9.78 Å². The average molecular weight is 292 g/mol. The molecule has 0 aromatic carbocycles. The Morgan fingerprint density at radius 1 is 1.38 bits per heavy atom. The van der Waals surface area contributed by atoms with Crippen molar-refractivity contribution in [3.8, 4) is 0 Å². The minimum Gasteiger partial charge on any atom is -0.478 e. The summed E-state index contributed by atoms with van der Waals surface area (Å²) < 4.78 is 0. The molecule has 1 aliphatic heterocycles. The summed E-state index contributed by atoms with van der Waals surface area (Å²) in [4.78, 5) is 39.4. The fraction of sp³-hybridized carbons (Fsp3) is 0.385. The number of hydrogen-bond acceptors (Lipinski definition) is 4. The van der Waals surface area contributed by atoms with Gasteiger partial charge >= 0.3 is 12.0 Å². The fourth-order valence-electron chi connectivity index (χ4n) is 2.22. The van der Waals surface area contributed by atoms with E-state index in [1.165, 1.54) is 23.4 Å². The number of aromatic nitrogens is 1. The van der Waals surface area contributed by atoms with Crippen LogP contribution in [0.4, 0.5) is 10.5 Å². The van der Waals surface area contributed by atoms with Crippen molar-refractivity contribution in [1.82, 2.24) is 9.88 Å². The summed E-state index contributed by atoms with van der Waals surface area (Å²) in [5, 5.41) is 11.4. The van der Waals surface area contributed by atoms with Gasteiger partial charge < -0.3 is 21.1 Å². The Morgan fingerprint density at radius 3 is 2.81 bits per heavy atom. The van der Waals surface area contributed by atoms with Crippen LogP contribution >= 0.6 is 0 Å². The summed E-state index contributed by atoms with van der Waals surface area (Å²) in [6, 6.07) is 0.924. The predicted octanol–water partition coefficient (Wildman–Crippen LogP) is 0.509. The van der Waals surface area contributed by atoms with Gasteiger partial charge in [0.05, 0.1) is 23.4 Å². The van der Waals surface area contributed by atoms with E-state index in [-0.39, 0.29) is 18.0 Å². The van der Waals surface area contributed by atoms with E-state index >= 15 is 0 Å². The molecule has 1 unspecified atom stereocenters. The van der Waals surface area contributed by atoms with E-state index in [2.05, 4.69) is 10.3 Å². The third-order valence-electron chi connectivity index (χ3n) is 3.35. The van der Waals surface area contributed by atoms with Crippen LogP contribution in [0.1, 0.15) is 23.2 Å². The summed E-state index contributed by atoms with van der Waals surface area (Å²) in [7, 11) is 0. The lowest BCUT2D eigenvalue weighted by molar-refractivity contribution is -0.123. The Bertz CT molecular complexity index is 575. The zero-order valence-corrected chi connectivity index (χ0v) is 11.3. The molecule has 1 aliphatic rings. The molecule has 1 aromatic heterocycles. The van der Waals surface area contributed by atoms with Crippen molar-refractivity contribution in [3.63, 3.8) is 0 Å². The number of carboxylic acid groups (broad SMARTS) is 1. The highest BCUT2D eigenvalue weighted by molar-refractivity contribution is 5.93. The van der Waals surface area contributed by atoms with Gasteiger partial charge in [-0.25, -0.2) is 9.59 Å². The number of piperidine rings is 1. The van der Waals surface area contributed by atoms with Crippen LogP contribution in [0.25, 0.3) is 0 Å². The number of aromatic carboxylic acids is 1. The number of likely N-dealkylation sites (tertiary alicyclic amines) is 1. The van der Waals surface area contributed by atoms with Crippen molar-refractivity contribution in [3.05, 3.63) is 24.0 Å². The molecule has 8 heteroatoms. The molecule has 0 bridgehead atoms. The quantitative estimate of drug-likeness (QED) is 0.748. The smallest absolute Gasteiger partial charge is 0.337 e. The number of carbonyl (C=O) groups excluding carboxylic acids is 2. The third-order valence-corrected chi connectivity index (χ3v) is 3.35. The second kappa shape index (κ2) is 6.21. The molecule has 0 radical (unpaired) electrons. The van der Waals surface area contributed by atoms with Crippen molar-refractivity contribution in [2.75, 3.05) is 18.4 Å². The molecule has 1 atom stereocenters. The molecule has 112 valence electrons. The molecule has 2 heterocycles. The Balaban J connectivity index is 2.02. The summed E-state index contributed by atoms with van der Waals surface area (Å²) in [6.45, 7) is 0.800. The number of nitrogens with zero attached hydrogens (tertiary/aromatic N) is 2. The fourth-order valence-corrected chi connectivity index (χ4v) is 2.22. The van der Waals surface area contributed by atoms with Gasteiger partial charge in [0.2, 0.25) is 5.91 Å². The summed E-state index contributed by atoms with van der Waals surface area (Å²) in [5.74, 6) is -1.87. The number of amides is 3. The Labute approximate surface area is 120 Å². The molecular weight excluding hydrogens is 276 g/mol. The highest BCUT2D eigenvalue weighted by Crippen LogP contribution is 2.17. The molecule has 8 nitrogen and oxygen atoms in total. The summed E-state index contributed by atoms with van der Waals surface area (Å²) in [6.07, 6.45) is 3.94. The van der Waals surface area contributed by atoms with Gasteiger partial charge in [0, 0.05) is 19.3 Å². The number of nitrogens with two attached hydrogens (primary N) is 1. The molecule has 1 aromatic rings. The zero-order chi connectivity index (χ0) is 15.4. The first-order valence-corrected chi connectivity index (χ1v) is 6.51. The third kappa shape index (κ3) is 3.68. The largest absolute Gasteiger partial charge is 0.478 e. The van der Waals surface area contributed by atoms with E-state index in [0.29, 0.717) is 25.1 Å². The Hall–Kier alpha value is -2.64. The van der Waals surface area contributed by atoms with Crippen LogP contribution in [-0.4, -0.2) is 46.0 Å². The Kier molecular flexibility index (Phi) is 4.36. The number of primary amides is 1. The van der Waals surface area contributed by atoms with Crippen molar-refractivity contribution in [2.45, 2.75) is 12.8 Å². The molecule has 2 rings (SSSR count). The van der Waals surface area contributed by atoms with Gasteiger partial charge in [0.25, 0.3) is 0 Å². The first-order chi connectivity index (χ1) is 9.97. The van der Waals surface area contributed by atoms with Crippen molar-refractivity contribution in [1.29, 1.82) is 0 Å². The lowest BCUT2D eigenvalue weighted by atomic mass is 9.98. The topological polar surface area (TPSA) is 126 Å². The van der Waals surface area contributed by atoms with Gasteiger partial charge in [0.1, 0.15) is 0 Å².